The molecule has 148 valence electrons. The highest BCUT2D eigenvalue weighted by Crippen LogP contribution is 2.24. The van der Waals surface area contributed by atoms with Crippen molar-refractivity contribution in [2.45, 2.75) is 25.7 Å². The summed E-state index contributed by atoms with van der Waals surface area (Å²) in [6, 6.07) is 16.0. The molecule has 0 amide bonds. The van der Waals surface area contributed by atoms with E-state index in [0.717, 1.165) is 45.5 Å². The number of benzene rings is 3. The van der Waals surface area contributed by atoms with Gasteiger partial charge in [0.15, 0.2) is 5.78 Å². The van der Waals surface area contributed by atoms with Crippen molar-refractivity contribution in [1.82, 2.24) is 0 Å². The summed E-state index contributed by atoms with van der Waals surface area (Å²) in [5, 5.41) is 16.1. The topological polar surface area (TPSA) is 60.2 Å². The molecule has 3 aromatic carbocycles. The Morgan fingerprint density at radius 1 is 0.900 bits per heavy atom. The van der Waals surface area contributed by atoms with Crippen LogP contribution < -0.4 is 10.4 Å². The number of halogens is 1. The van der Waals surface area contributed by atoms with Crippen LogP contribution in [0.15, 0.2) is 54.6 Å². The van der Waals surface area contributed by atoms with E-state index >= 15 is 0 Å². The Morgan fingerprint density at radius 3 is 2.43 bits per heavy atom. The number of carbonyl (C=O) groups excluding carboxylic acids is 1. The molecule has 0 aliphatic heterocycles. The molecule has 2 aliphatic carbocycles. The minimum absolute atomic E-state index is 0.0115. The van der Waals surface area contributed by atoms with Gasteiger partial charge in [0, 0.05) is 28.3 Å². The predicted molar refractivity (Wildman–Crippen MR) is 117 cm³/mol. The van der Waals surface area contributed by atoms with Gasteiger partial charge in [0.2, 0.25) is 0 Å². The molecule has 0 aromatic heterocycles. The molecule has 0 fully saturated rings. The summed E-state index contributed by atoms with van der Waals surface area (Å²) in [6.45, 7) is 0. The summed E-state index contributed by atoms with van der Waals surface area (Å²) in [6.07, 6.45) is 5.55. The fraction of sp³-hybridized carbons (Fsp3) is 0.160. The molecule has 0 spiro atoms. The van der Waals surface area contributed by atoms with Crippen molar-refractivity contribution < 1.29 is 9.72 Å². The average molecular weight is 416 g/mol. The number of fused-ring (bicyclic) bond motifs is 4. The molecule has 3 aromatic rings. The Labute approximate surface area is 177 Å². The highest BCUT2D eigenvalue weighted by Gasteiger charge is 2.21. The zero-order valence-electron chi connectivity index (χ0n) is 16.2. The number of Topliss-reactive ketones (excluding diaryl/α,β-unsaturated/α-hetero) is 1. The number of rotatable bonds is 3. The molecule has 0 unspecified atom stereocenters. The lowest BCUT2D eigenvalue weighted by Gasteiger charge is -2.20. The van der Waals surface area contributed by atoms with Gasteiger partial charge in [0.1, 0.15) is 0 Å². The summed E-state index contributed by atoms with van der Waals surface area (Å²) < 4.78 is 0. The third-order valence-corrected chi connectivity index (χ3v) is 6.41. The molecule has 4 nitrogen and oxygen atoms in total. The van der Waals surface area contributed by atoms with E-state index in [0.29, 0.717) is 12.0 Å². The largest absolute Gasteiger partial charge is 0.289 e. The number of hydrogen-bond acceptors (Lipinski definition) is 3. The third-order valence-electron chi connectivity index (χ3n) is 6.08. The van der Waals surface area contributed by atoms with Crippen LogP contribution in [0.5, 0.6) is 0 Å². The van der Waals surface area contributed by atoms with Gasteiger partial charge in [-0.05, 0) is 75.9 Å². The zero-order valence-corrected chi connectivity index (χ0v) is 16.9. The number of nitrogens with zero attached hydrogens (tertiary/aromatic N) is 1. The highest BCUT2D eigenvalue weighted by molar-refractivity contribution is 6.30. The molecule has 0 saturated carbocycles. The van der Waals surface area contributed by atoms with Crippen molar-refractivity contribution in [1.29, 1.82) is 0 Å². The maximum atomic E-state index is 13.2. The van der Waals surface area contributed by atoms with Gasteiger partial charge in [-0.2, -0.15) is 0 Å². The number of hydrogen-bond donors (Lipinski definition) is 0. The molecular formula is C25H18ClNO3. The van der Waals surface area contributed by atoms with Crippen molar-refractivity contribution in [3.05, 3.63) is 107 Å². The van der Waals surface area contributed by atoms with Crippen molar-refractivity contribution in [2.75, 3.05) is 0 Å². The maximum Gasteiger partial charge on any atom is 0.269 e. The lowest BCUT2D eigenvalue weighted by Crippen LogP contribution is -2.26. The summed E-state index contributed by atoms with van der Waals surface area (Å²) in [5.74, 6) is -0.0472. The first-order valence-electron chi connectivity index (χ1n) is 9.97. The second-order valence-corrected chi connectivity index (χ2v) is 8.10. The van der Waals surface area contributed by atoms with E-state index in [1.807, 2.05) is 12.1 Å². The minimum Gasteiger partial charge on any atom is -0.289 e. The molecular weight excluding hydrogens is 398 g/mol. The van der Waals surface area contributed by atoms with E-state index in [1.54, 1.807) is 12.1 Å². The fourth-order valence-corrected chi connectivity index (χ4v) is 4.90. The normalized spacial score (nSPS) is 14.2. The van der Waals surface area contributed by atoms with Gasteiger partial charge >= 0.3 is 0 Å². The number of carbonyl (C=O) groups is 1. The first kappa shape index (κ1) is 18.8. The van der Waals surface area contributed by atoms with Crippen LogP contribution in [0.2, 0.25) is 5.02 Å². The number of non-ortho nitro benzene ring substituents is 1. The van der Waals surface area contributed by atoms with Gasteiger partial charge in [-0.1, -0.05) is 41.9 Å². The van der Waals surface area contributed by atoms with Crippen LogP contribution in [0.25, 0.3) is 11.6 Å². The van der Waals surface area contributed by atoms with Gasteiger partial charge in [-0.25, -0.2) is 0 Å². The first-order chi connectivity index (χ1) is 14.5. The Balaban J connectivity index is 1.72. The monoisotopic (exact) mass is 415 g/mol. The lowest BCUT2D eigenvalue weighted by molar-refractivity contribution is -0.384. The molecule has 2 aliphatic rings. The standard InChI is InChI=1S/C25H18ClNO3/c26-24-6-2-4-18-20-11-12-21-17(19(20)13-14-22(18)24)3-1-5-23(21)25(28)15-7-9-16(10-8-15)27(29)30/h2,4,6-12,14H,1,3,5,13H2. The molecule has 0 saturated heterocycles. The third kappa shape index (κ3) is 2.96. The van der Waals surface area contributed by atoms with Gasteiger partial charge in [-0.15, -0.1) is 0 Å². The average Bonchev–Trinajstić information content (AvgIpc) is 2.78. The quantitative estimate of drug-likeness (QED) is 0.365. The van der Waals surface area contributed by atoms with Crippen LogP contribution in [0.4, 0.5) is 5.69 Å². The molecule has 0 radical (unpaired) electrons. The van der Waals surface area contributed by atoms with Gasteiger partial charge in [-0.3, -0.25) is 14.9 Å². The second kappa shape index (κ2) is 7.22. The molecule has 0 heterocycles. The van der Waals surface area contributed by atoms with E-state index in [1.165, 1.54) is 28.5 Å². The van der Waals surface area contributed by atoms with Crippen LogP contribution in [-0.2, 0) is 12.8 Å². The van der Waals surface area contributed by atoms with E-state index in [9.17, 15) is 14.9 Å². The van der Waals surface area contributed by atoms with Crippen LogP contribution in [0, 0.1) is 20.6 Å². The molecule has 0 N–H and O–H groups in total. The molecule has 30 heavy (non-hydrogen) atoms. The van der Waals surface area contributed by atoms with Gasteiger partial charge < -0.3 is 0 Å². The van der Waals surface area contributed by atoms with Crippen LogP contribution in [0.3, 0.4) is 0 Å². The summed E-state index contributed by atoms with van der Waals surface area (Å²) in [7, 11) is 0. The van der Waals surface area contributed by atoms with Gasteiger partial charge in [0.25, 0.3) is 5.69 Å². The minimum atomic E-state index is -0.454. The smallest absolute Gasteiger partial charge is 0.269 e. The molecule has 0 atom stereocenters. The van der Waals surface area contributed by atoms with Crippen molar-refractivity contribution >= 4 is 34.7 Å². The first-order valence-corrected chi connectivity index (χ1v) is 10.3. The lowest BCUT2D eigenvalue weighted by atomic mass is 9.84. The number of nitro groups is 1. The Bertz CT molecular complexity index is 1440. The SMILES string of the molecule is O=C(C1=c2ccc3c(c2CCC1)CC=c1c(Cl)cccc1=3)c1ccc([N+](=O)[O-])cc1. The Kier molecular flexibility index (Phi) is 4.52. The van der Waals surface area contributed by atoms with E-state index in [2.05, 4.69) is 24.3 Å². The molecule has 5 rings (SSSR count). The number of ketones is 1. The second-order valence-electron chi connectivity index (χ2n) is 7.69. The summed E-state index contributed by atoms with van der Waals surface area (Å²) in [4.78, 5) is 23.7. The highest BCUT2D eigenvalue weighted by atomic mass is 35.5. The van der Waals surface area contributed by atoms with Crippen molar-refractivity contribution in [2.24, 2.45) is 0 Å². The van der Waals surface area contributed by atoms with Crippen LogP contribution in [0.1, 0.15) is 34.3 Å². The van der Waals surface area contributed by atoms with E-state index < -0.39 is 4.92 Å². The number of nitro benzene ring substituents is 1. The predicted octanol–water partition coefficient (Wildman–Crippen LogP) is 4.24. The van der Waals surface area contributed by atoms with E-state index in [4.69, 9.17) is 11.6 Å². The van der Waals surface area contributed by atoms with E-state index in [-0.39, 0.29) is 11.5 Å². The van der Waals surface area contributed by atoms with Gasteiger partial charge in [0.05, 0.1) is 4.92 Å². The summed E-state index contributed by atoms with van der Waals surface area (Å²) >= 11 is 6.39. The Morgan fingerprint density at radius 2 is 1.67 bits per heavy atom. The molecule has 0 bridgehead atoms. The fourth-order valence-electron chi connectivity index (χ4n) is 4.65. The zero-order chi connectivity index (χ0) is 20.8. The van der Waals surface area contributed by atoms with Crippen LogP contribution in [-0.4, -0.2) is 10.7 Å². The van der Waals surface area contributed by atoms with Crippen LogP contribution >= 0.6 is 11.6 Å². The molecule has 5 heteroatoms. The van der Waals surface area contributed by atoms with Crippen molar-refractivity contribution in [3.63, 3.8) is 0 Å². The Hall–Kier alpha value is -3.24. The maximum absolute atomic E-state index is 13.2. The van der Waals surface area contributed by atoms with Crippen molar-refractivity contribution in [3.8, 4) is 0 Å². The summed E-state index contributed by atoms with van der Waals surface area (Å²) in [5.41, 5.74) is 3.79.